The lowest BCUT2D eigenvalue weighted by atomic mass is 10.1. The van der Waals surface area contributed by atoms with Gasteiger partial charge >= 0.3 is 5.97 Å². The number of para-hydroxylation sites is 1. The Bertz CT molecular complexity index is 1090. The van der Waals surface area contributed by atoms with Gasteiger partial charge in [-0.25, -0.2) is 9.78 Å². The van der Waals surface area contributed by atoms with Gasteiger partial charge in [-0.15, -0.1) is 0 Å². The molecule has 3 rings (SSSR count). The Hall–Kier alpha value is -3.61. The maximum atomic E-state index is 12.2. The Balaban J connectivity index is 1.74. The van der Waals surface area contributed by atoms with E-state index in [0.717, 1.165) is 0 Å². The molecular formula is C21H20N2O5. The fraction of sp³-hybridized carbons (Fsp3) is 0.190. The zero-order valence-electron chi connectivity index (χ0n) is 15.8. The van der Waals surface area contributed by atoms with Gasteiger partial charge in [0.1, 0.15) is 11.5 Å². The second-order valence-electron chi connectivity index (χ2n) is 5.99. The number of H-pyrrole nitrogens is 1. The molecule has 0 saturated heterocycles. The number of carbonyl (C=O) groups is 1. The van der Waals surface area contributed by atoms with E-state index in [2.05, 4.69) is 9.97 Å². The highest BCUT2D eigenvalue weighted by atomic mass is 16.5. The van der Waals surface area contributed by atoms with E-state index in [0.29, 0.717) is 28.0 Å². The van der Waals surface area contributed by atoms with Gasteiger partial charge in [0, 0.05) is 17.7 Å². The summed E-state index contributed by atoms with van der Waals surface area (Å²) < 4.78 is 15.8. The molecule has 0 aliphatic heterocycles. The smallest absolute Gasteiger partial charge is 0.331 e. The molecule has 0 unspecified atom stereocenters. The van der Waals surface area contributed by atoms with Gasteiger partial charge in [-0.05, 0) is 37.3 Å². The van der Waals surface area contributed by atoms with E-state index in [1.54, 1.807) is 62.6 Å². The van der Waals surface area contributed by atoms with Gasteiger partial charge in [-0.3, -0.25) is 4.79 Å². The Kier molecular flexibility index (Phi) is 5.74. The molecule has 0 radical (unpaired) electrons. The molecule has 0 fully saturated rings. The van der Waals surface area contributed by atoms with E-state index in [-0.39, 0.29) is 11.4 Å². The maximum absolute atomic E-state index is 12.2. The summed E-state index contributed by atoms with van der Waals surface area (Å²) in [7, 11) is 3.10. The largest absolute Gasteiger partial charge is 0.497 e. The highest BCUT2D eigenvalue weighted by Crippen LogP contribution is 2.25. The summed E-state index contributed by atoms with van der Waals surface area (Å²) >= 11 is 0. The molecule has 1 atom stereocenters. The van der Waals surface area contributed by atoms with Crippen molar-refractivity contribution in [3.8, 4) is 11.5 Å². The predicted octanol–water partition coefficient (Wildman–Crippen LogP) is 3.26. The van der Waals surface area contributed by atoms with Gasteiger partial charge in [0.15, 0.2) is 11.9 Å². The van der Waals surface area contributed by atoms with Crippen molar-refractivity contribution >= 4 is 22.9 Å². The average Bonchev–Trinajstić information content (AvgIpc) is 2.72. The highest BCUT2D eigenvalue weighted by Gasteiger charge is 2.14. The van der Waals surface area contributed by atoms with Crippen LogP contribution in [0.3, 0.4) is 0 Å². The molecule has 0 aliphatic carbocycles. The molecule has 7 nitrogen and oxygen atoms in total. The van der Waals surface area contributed by atoms with Crippen molar-refractivity contribution in [3.05, 3.63) is 70.3 Å². The predicted molar refractivity (Wildman–Crippen MR) is 105 cm³/mol. The van der Waals surface area contributed by atoms with Crippen LogP contribution in [0.4, 0.5) is 0 Å². The normalized spacial score (nSPS) is 12.1. The standard InChI is InChI=1S/C21H20N2O5/c1-13(20-22-17-7-5-4-6-16(17)21(25)23-20)28-19(24)11-9-14-8-10-15(26-2)12-18(14)27-3/h4-13H,1-3H3,(H,22,23,25)/b11-9+/t13-/m0/s1. The fourth-order valence-corrected chi connectivity index (χ4v) is 2.68. The Morgan fingerprint density at radius 1 is 1.14 bits per heavy atom. The number of fused-ring (bicyclic) bond motifs is 1. The number of methoxy groups -OCH3 is 2. The first-order valence-corrected chi connectivity index (χ1v) is 8.61. The van der Waals surface area contributed by atoms with Crippen LogP contribution in [0.15, 0.2) is 53.3 Å². The van der Waals surface area contributed by atoms with Crippen LogP contribution in [0.25, 0.3) is 17.0 Å². The summed E-state index contributed by atoms with van der Waals surface area (Å²) in [5.41, 5.74) is 0.967. The summed E-state index contributed by atoms with van der Waals surface area (Å²) in [5.74, 6) is 0.933. The number of nitrogens with zero attached hydrogens (tertiary/aromatic N) is 1. The van der Waals surface area contributed by atoms with E-state index in [4.69, 9.17) is 14.2 Å². The SMILES string of the molecule is COc1ccc(/C=C/C(=O)O[C@@H](C)c2nc3ccccc3c(=O)[nH]2)c(OC)c1. The second kappa shape index (κ2) is 8.39. The maximum Gasteiger partial charge on any atom is 0.331 e. The first-order chi connectivity index (χ1) is 13.5. The molecule has 0 aliphatic rings. The van der Waals surface area contributed by atoms with Gasteiger partial charge in [0.05, 0.1) is 25.1 Å². The molecule has 1 aromatic heterocycles. The van der Waals surface area contributed by atoms with Crippen molar-refractivity contribution in [2.45, 2.75) is 13.0 Å². The highest BCUT2D eigenvalue weighted by molar-refractivity contribution is 5.87. The zero-order valence-corrected chi connectivity index (χ0v) is 15.8. The number of nitrogens with one attached hydrogen (secondary N) is 1. The summed E-state index contributed by atoms with van der Waals surface area (Å²) in [6.45, 7) is 1.65. The molecule has 0 bridgehead atoms. The van der Waals surface area contributed by atoms with Crippen LogP contribution in [0.2, 0.25) is 0 Å². The Labute approximate surface area is 161 Å². The van der Waals surface area contributed by atoms with E-state index in [1.165, 1.54) is 13.2 Å². The van der Waals surface area contributed by atoms with Crippen molar-refractivity contribution in [1.82, 2.24) is 9.97 Å². The molecule has 3 aromatic rings. The fourth-order valence-electron chi connectivity index (χ4n) is 2.68. The molecule has 1 N–H and O–H groups in total. The number of aromatic nitrogens is 2. The summed E-state index contributed by atoms with van der Waals surface area (Å²) in [4.78, 5) is 31.3. The number of ether oxygens (including phenoxy) is 3. The van der Waals surface area contributed by atoms with Crippen LogP contribution >= 0.6 is 0 Å². The number of aromatic amines is 1. The number of hydrogen-bond acceptors (Lipinski definition) is 6. The van der Waals surface area contributed by atoms with Crippen molar-refractivity contribution in [2.24, 2.45) is 0 Å². The van der Waals surface area contributed by atoms with Crippen LogP contribution in [-0.2, 0) is 9.53 Å². The number of hydrogen-bond donors (Lipinski definition) is 1. The lowest BCUT2D eigenvalue weighted by Gasteiger charge is -2.12. The van der Waals surface area contributed by atoms with Crippen molar-refractivity contribution in [3.63, 3.8) is 0 Å². The van der Waals surface area contributed by atoms with Crippen LogP contribution in [0.5, 0.6) is 11.5 Å². The molecule has 144 valence electrons. The minimum absolute atomic E-state index is 0.276. The number of benzene rings is 2. The van der Waals surface area contributed by atoms with E-state index in [9.17, 15) is 9.59 Å². The molecule has 1 heterocycles. The minimum atomic E-state index is -0.716. The van der Waals surface area contributed by atoms with E-state index >= 15 is 0 Å². The van der Waals surface area contributed by atoms with Crippen molar-refractivity contribution in [2.75, 3.05) is 14.2 Å². The molecule has 0 amide bonds. The van der Waals surface area contributed by atoms with Crippen molar-refractivity contribution in [1.29, 1.82) is 0 Å². The average molecular weight is 380 g/mol. The molecule has 7 heteroatoms. The lowest BCUT2D eigenvalue weighted by molar-refractivity contribution is -0.142. The van der Waals surface area contributed by atoms with Gasteiger partial charge < -0.3 is 19.2 Å². The third-order valence-electron chi connectivity index (χ3n) is 4.15. The van der Waals surface area contributed by atoms with Gasteiger partial charge in [0.2, 0.25) is 0 Å². The van der Waals surface area contributed by atoms with Crippen molar-refractivity contribution < 1.29 is 19.0 Å². The monoisotopic (exact) mass is 380 g/mol. The summed E-state index contributed by atoms with van der Waals surface area (Å²) in [6.07, 6.45) is 2.16. The third-order valence-corrected chi connectivity index (χ3v) is 4.15. The number of esters is 1. The van der Waals surface area contributed by atoms with E-state index < -0.39 is 12.1 Å². The quantitative estimate of drug-likeness (QED) is 0.521. The Morgan fingerprint density at radius 2 is 1.93 bits per heavy atom. The van der Waals surface area contributed by atoms with Gasteiger partial charge in [0.25, 0.3) is 5.56 Å². The molecule has 2 aromatic carbocycles. The summed E-state index contributed by atoms with van der Waals surface area (Å²) in [5, 5.41) is 0.483. The van der Waals surface area contributed by atoms with E-state index in [1.807, 2.05) is 0 Å². The molecular weight excluding hydrogens is 360 g/mol. The second-order valence-corrected chi connectivity index (χ2v) is 5.99. The first-order valence-electron chi connectivity index (χ1n) is 8.61. The topological polar surface area (TPSA) is 90.5 Å². The van der Waals surface area contributed by atoms with Crippen LogP contribution < -0.4 is 15.0 Å². The number of carbonyl (C=O) groups excluding carboxylic acids is 1. The number of rotatable bonds is 6. The minimum Gasteiger partial charge on any atom is -0.497 e. The molecule has 0 spiro atoms. The van der Waals surface area contributed by atoms with Crippen LogP contribution in [0.1, 0.15) is 24.4 Å². The third kappa shape index (κ3) is 4.20. The molecule has 0 saturated carbocycles. The molecule has 28 heavy (non-hydrogen) atoms. The Morgan fingerprint density at radius 3 is 2.68 bits per heavy atom. The zero-order chi connectivity index (χ0) is 20.1. The van der Waals surface area contributed by atoms with Crippen LogP contribution in [-0.4, -0.2) is 30.2 Å². The van der Waals surface area contributed by atoms with Crippen LogP contribution in [0, 0.1) is 0 Å². The van der Waals surface area contributed by atoms with Gasteiger partial charge in [-0.1, -0.05) is 12.1 Å². The lowest BCUT2D eigenvalue weighted by Crippen LogP contribution is -2.16. The summed E-state index contributed by atoms with van der Waals surface area (Å²) in [6, 6.07) is 12.2. The van der Waals surface area contributed by atoms with Gasteiger partial charge in [-0.2, -0.15) is 0 Å². The first kappa shape index (κ1) is 19.2.